The van der Waals surface area contributed by atoms with Crippen molar-refractivity contribution in [2.24, 2.45) is 5.92 Å². The molecule has 0 spiro atoms. The third-order valence-corrected chi connectivity index (χ3v) is 7.31. The van der Waals surface area contributed by atoms with Crippen LogP contribution in [-0.2, 0) is 38.6 Å². The van der Waals surface area contributed by atoms with E-state index >= 15 is 0 Å². The van der Waals surface area contributed by atoms with E-state index in [1.807, 2.05) is 42.5 Å². The summed E-state index contributed by atoms with van der Waals surface area (Å²) in [5.74, 6) is 0.169. The van der Waals surface area contributed by atoms with Crippen LogP contribution in [0.1, 0.15) is 37.0 Å². The van der Waals surface area contributed by atoms with Crippen LogP contribution < -0.4 is 0 Å². The van der Waals surface area contributed by atoms with Crippen molar-refractivity contribution >= 4 is 10.9 Å². The number of aromatic nitrogens is 1. The fourth-order valence-electron chi connectivity index (χ4n) is 5.22. The predicted octanol–water partition coefficient (Wildman–Crippen LogP) is 6.67. The lowest BCUT2D eigenvalue weighted by molar-refractivity contribution is -0.304. The van der Waals surface area contributed by atoms with Gasteiger partial charge in [0.15, 0.2) is 6.29 Å². The molecule has 5 rings (SSSR count). The van der Waals surface area contributed by atoms with Gasteiger partial charge < -0.3 is 23.9 Å². The zero-order valence-corrected chi connectivity index (χ0v) is 21.7. The molecule has 194 valence electrons. The van der Waals surface area contributed by atoms with E-state index in [1.54, 1.807) is 0 Å². The van der Waals surface area contributed by atoms with Crippen LogP contribution in [0.25, 0.3) is 10.9 Å². The molecule has 1 unspecified atom stereocenters. The number of benzene rings is 3. The Labute approximate surface area is 219 Å². The smallest absolute Gasteiger partial charge is 0.186 e. The summed E-state index contributed by atoms with van der Waals surface area (Å²) in [4.78, 5) is 3.35. The number of H-pyrrole nitrogens is 1. The minimum atomic E-state index is -0.504. The molecule has 5 nitrogen and oxygen atoms in total. The lowest BCUT2D eigenvalue weighted by atomic mass is 9.89. The SMILES string of the molecule is CC[C@H]1OC(OCCc2c[nH]c3ccccc23)[C@H](OCc2ccccc2)[C@@H](OCc2ccccc2)[C@@H]1C. The van der Waals surface area contributed by atoms with E-state index in [1.165, 1.54) is 10.9 Å². The number of aromatic amines is 1. The first-order valence-corrected chi connectivity index (χ1v) is 13.4. The highest BCUT2D eigenvalue weighted by Gasteiger charge is 2.45. The summed E-state index contributed by atoms with van der Waals surface area (Å²) in [5, 5.41) is 1.23. The number of nitrogens with one attached hydrogen (secondary N) is 1. The molecular weight excluding hydrogens is 462 g/mol. The van der Waals surface area contributed by atoms with Crippen molar-refractivity contribution in [2.45, 2.75) is 64.5 Å². The van der Waals surface area contributed by atoms with Gasteiger partial charge in [-0.25, -0.2) is 0 Å². The molecule has 5 heteroatoms. The second-order valence-corrected chi connectivity index (χ2v) is 9.81. The van der Waals surface area contributed by atoms with Crippen molar-refractivity contribution in [3.8, 4) is 0 Å². The average Bonchev–Trinajstić information content (AvgIpc) is 3.36. The second kappa shape index (κ2) is 12.5. The molecule has 37 heavy (non-hydrogen) atoms. The molecule has 1 N–H and O–H groups in total. The Hall–Kier alpha value is -2.96. The van der Waals surface area contributed by atoms with Crippen LogP contribution in [0, 0.1) is 5.92 Å². The van der Waals surface area contributed by atoms with Crippen molar-refractivity contribution in [3.63, 3.8) is 0 Å². The van der Waals surface area contributed by atoms with Crippen LogP contribution >= 0.6 is 0 Å². The Balaban J connectivity index is 1.32. The molecule has 1 saturated heterocycles. The summed E-state index contributed by atoms with van der Waals surface area (Å²) in [6.45, 7) is 5.90. The van der Waals surface area contributed by atoms with Gasteiger partial charge in [0, 0.05) is 23.0 Å². The van der Waals surface area contributed by atoms with E-state index in [0.29, 0.717) is 19.8 Å². The Morgan fingerprint density at radius 1 is 0.757 bits per heavy atom. The largest absolute Gasteiger partial charge is 0.370 e. The summed E-state index contributed by atoms with van der Waals surface area (Å²) in [6.07, 6.45) is 2.79. The van der Waals surface area contributed by atoms with E-state index in [0.717, 1.165) is 29.5 Å². The Bertz CT molecular complexity index is 1230. The molecule has 0 bridgehead atoms. The van der Waals surface area contributed by atoms with Gasteiger partial charge in [-0.15, -0.1) is 0 Å². The number of hydrogen-bond donors (Lipinski definition) is 1. The zero-order valence-electron chi connectivity index (χ0n) is 21.7. The topological polar surface area (TPSA) is 52.7 Å². The predicted molar refractivity (Wildman–Crippen MR) is 146 cm³/mol. The maximum Gasteiger partial charge on any atom is 0.186 e. The number of para-hydroxylation sites is 1. The van der Waals surface area contributed by atoms with Crippen molar-refractivity contribution in [3.05, 3.63) is 108 Å². The van der Waals surface area contributed by atoms with Crippen LogP contribution in [0.15, 0.2) is 91.1 Å². The van der Waals surface area contributed by atoms with Gasteiger partial charge in [-0.2, -0.15) is 0 Å². The third kappa shape index (κ3) is 6.31. The number of rotatable bonds is 11. The molecule has 1 aromatic heterocycles. The molecule has 0 saturated carbocycles. The van der Waals surface area contributed by atoms with E-state index in [9.17, 15) is 0 Å². The van der Waals surface area contributed by atoms with Crippen LogP contribution in [0.5, 0.6) is 0 Å². The van der Waals surface area contributed by atoms with E-state index < -0.39 is 6.29 Å². The third-order valence-electron chi connectivity index (χ3n) is 7.31. The Morgan fingerprint density at radius 3 is 2.05 bits per heavy atom. The average molecular weight is 500 g/mol. The normalized spacial score (nSPS) is 23.9. The highest BCUT2D eigenvalue weighted by molar-refractivity contribution is 5.83. The van der Waals surface area contributed by atoms with Gasteiger partial charge >= 0.3 is 0 Å². The van der Waals surface area contributed by atoms with Gasteiger partial charge in [0.25, 0.3) is 0 Å². The zero-order chi connectivity index (χ0) is 25.5. The molecule has 0 amide bonds. The summed E-state index contributed by atoms with van der Waals surface area (Å²) < 4.78 is 26.0. The number of ether oxygens (including phenoxy) is 4. The molecule has 4 aromatic rings. The molecule has 5 atom stereocenters. The molecule has 3 aromatic carbocycles. The van der Waals surface area contributed by atoms with Gasteiger partial charge in [-0.3, -0.25) is 0 Å². The van der Waals surface area contributed by atoms with Crippen LogP contribution in [0.3, 0.4) is 0 Å². The number of hydrogen-bond acceptors (Lipinski definition) is 4. The van der Waals surface area contributed by atoms with Crippen molar-refractivity contribution in [2.75, 3.05) is 6.61 Å². The quantitative estimate of drug-likeness (QED) is 0.250. The lowest BCUT2D eigenvalue weighted by Crippen LogP contribution is -2.56. The highest BCUT2D eigenvalue weighted by Crippen LogP contribution is 2.33. The van der Waals surface area contributed by atoms with Crippen molar-refractivity contribution < 1.29 is 18.9 Å². The first-order chi connectivity index (χ1) is 18.2. The maximum atomic E-state index is 6.56. The van der Waals surface area contributed by atoms with Crippen molar-refractivity contribution in [1.29, 1.82) is 0 Å². The van der Waals surface area contributed by atoms with Crippen molar-refractivity contribution in [1.82, 2.24) is 4.98 Å². The van der Waals surface area contributed by atoms with E-state index in [2.05, 4.69) is 67.5 Å². The Morgan fingerprint density at radius 2 is 1.38 bits per heavy atom. The van der Waals surface area contributed by atoms with E-state index in [4.69, 9.17) is 18.9 Å². The summed E-state index contributed by atoms with van der Waals surface area (Å²) in [7, 11) is 0. The summed E-state index contributed by atoms with van der Waals surface area (Å²) in [5.41, 5.74) is 4.65. The molecule has 0 radical (unpaired) electrons. The number of fused-ring (bicyclic) bond motifs is 1. The molecule has 0 aliphatic carbocycles. The lowest BCUT2D eigenvalue weighted by Gasteiger charge is -2.45. The monoisotopic (exact) mass is 499 g/mol. The maximum absolute atomic E-state index is 6.56. The fourth-order valence-corrected chi connectivity index (χ4v) is 5.22. The highest BCUT2D eigenvalue weighted by atomic mass is 16.7. The van der Waals surface area contributed by atoms with Crippen LogP contribution in [0.2, 0.25) is 0 Å². The van der Waals surface area contributed by atoms with Gasteiger partial charge in [0.2, 0.25) is 0 Å². The second-order valence-electron chi connectivity index (χ2n) is 9.81. The first kappa shape index (κ1) is 25.7. The molecule has 2 heterocycles. The van der Waals surface area contributed by atoms with Crippen LogP contribution in [-0.4, -0.2) is 36.2 Å². The van der Waals surface area contributed by atoms with Gasteiger partial charge in [-0.1, -0.05) is 92.7 Å². The minimum Gasteiger partial charge on any atom is -0.370 e. The van der Waals surface area contributed by atoms with E-state index in [-0.39, 0.29) is 24.2 Å². The molecule has 1 aliphatic rings. The van der Waals surface area contributed by atoms with Crippen LogP contribution in [0.4, 0.5) is 0 Å². The molecule has 1 fully saturated rings. The first-order valence-electron chi connectivity index (χ1n) is 13.4. The minimum absolute atomic E-state index is 0.0374. The summed E-state index contributed by atoms with van der Waals surface area (Å²) >= 11 is 0. The molecule has 1 aliphatic heterocycles. The van der Waals surface area contributed by atoms with Gasteiger partial charge in [-0.05, 0) is 35.6 Å². The van der Waals surface area contributed by atoms with Gasteiger partial charge in [0.1, 0.15) is 6.10 Å². The standard InChI is InChI=1S/C32H37NO4/c1-3-29-23(2)30(35-21-24-12-6-4-7-13-24)31(36-22-25-14-8-5-9-15-25)32(37-29)34-19-18-26-20-33-28-17-11-10-16-27(26)28/h4-17,20,23,29-33H,3,18-19,21-22H2,1-2H3/t23-,29-,30+,31-,32?/m1/s1. The fraction of sp³-hybridized carbons (Fsp3) is 0.375. The molecular formula is C32H37NO4. The Kier molecular flexibility index (Phi) is 8.69. The van der Waals surface area contributed by atoms with Gasteiger partial charge in [0.05, 0.1) is 32.0 Å². The summed E-state index contributed by atoms with van der Waals surface area (Å²) in [6, 6.07) is 28.9.